The number of aliphatic hydroxyl groups excluding tert-OH is 1. The molecule has 0 aliphatic heterocycles. The van der Waals surface area contributed by atoms with Crippen LogP contribution in [0.25, 0.3) is 0 Å². The van der Waals surface area contributed by atoms with Crippen molar-refractivity contribution >= 4 is 26.6 Å². The number of rotatable bonds is 9. The fourth-order valence-corrected chi connectivity index (χ4v) is 4.18. The first-order valence-electron chi connectivity index (χ1n) is 6.15. The number of hydrogen-bond donors (Lipinski definition) is 1. The Morgan fingerprint density at radius 2 is 1.35 bits per heavy atom. The Bertz CT molecular complexity index is 153. The van der Waals surface area contributed by atoms with Crippen LogP contribution in [-0.2, 0) is 13.3 Å². The van der Waals surface area contributed by atoms with Crippen LogP contribution in [0.3, 0.4) is 0 Å². The van der Waals surface area contributed by atoms with Gasteiger partial charge in [-0.2, -0.15) is 0 Å². The molecule has 6 heteroatoms. The van der Waals surface area contributed by atoms with E-state index in [-0.39, 0.29) is 0 Å². The Kier molecular flexibility index (Phi) is 16.0. The van der Waals surface area contributed by atoms with Crippen molar-refractivity contribution in [1.82, 2.24) is 0 Å². The van der Waals surface area contributed by atoms with Gasteiger partial charge >= 0.3 is 8.80 Å². The molecule has 17 heavy (non-hydrogen) atoms. The van der Waals surface area contributed by atoms with Crippen LogP contribution >= 0.6 is 12.2 Å². The van der Waals surface area contributed by atoms with E-state index in [1.54, 1.807) is 0 Å². The molecule has 0 aromatic heterocycles. The number of unbranched alkanes of at least 4 members (excludes halogenated alkanes) is 1. The van der Waals surface area contributed by atoms with Crippen LogP contribution in [0.2, 0.25) is 6.04 Å². The summed E-state index contributed by atoms with van der Waals surface area (Å²) in [5.41, 5.74) is 0.583. The summed E-state index contributed by atoms with van der Waals surface area (Å²) < 4.78 is 17.1. The van der Waals surface area contributed by atoms with E-state index in [1.165, 1.54) is 0 Å². The van der Waals surface area contributed by atoms with Gasteiger partial charge in [-0.05, 0) is 39.4 Å². The van der Waals surface area contributed by atoms with E-state index in [0.29, 0.717) is 25.4 Å². The van der Waals surface area contributed by atoms with Gasteiger partial charge in [0, 0.05) is 25.9 Å². The minimum Gasteiger partial charge on any atom is -0.504 e. The van der Waals surface area contributed by atoms with E-state index in [2.05, 4.69) is 19.1 Å². The van der Waals surface area contributed by atoms with E-state index in [9.17, 15) is 0 Å². The first-order chi connectivity index (χ1) is 8.16. The van der Waals surface area contributed by atoms with Crippen LogP contribution in [0.1, 0.15) is 40.5 Å². The van der Waals surface area contributed by atoms with Crippen molar-refractivity contribution in [2.45, 2.75) is 46.6 Å². The summed E-state index contributed by atoms with van der Waals surface area (Å²) in [7, 11) is -2.32. The molecule has 0 aromatic carbocycles. The topological polar surface area (TPSA) is 47.9 Å². The molecule has 1 N–H and O–H groups in total. The van der Waals surface area contributed by atoms with Crippen LogP contribution in [-0.4, -0.2) is 39.3 Å². The lowest BCUT2D eigenvalue weighted by atomic mass is 10.4. The van der Waals surface area contributed by atoms with Gasteiger partial charge in [0.2, 0.25) is 0 Å². The lowest BCUT2D eigenvalue weighted by Gasteiger charge is -2.28. The molecule has 0 aliphatic carbocycles. The maximum Gasteiger partial charge on any atom is 0.500 e. The van der Waals surface area contributed by atoms with Gasteiger partial charge in [-0.25, -0.2) is 0 Å². The van der Waals surface area contributed by atoms with Crippen LogP contribution in [0.4, 0.5) is 0 Å². The molecular weight excluding hydrogens is 256 g/mol. The lowest BCUT2D eigenvalue weighted by molar-refractivity contribution is 0.0708. The van der Waals surface area contributed by atoms with Gasteiger partial charge in [-0.15, -0.1) is 0 Å². The minimum atomic E-state index is -2.32. The SMILES string of the molecule is CCCC[Si](OCC)(OCC)OCC.OC=S. The summed E-state index contributed by atoms with van der Waals surface area (Å²) in [5.74, 6) is 0. The van der Waals surface area contributed by atoms with E-state index in [4.69, 9.17) is 18.4 Å². The molecule has 4 nitrogen and oxygen atoms in total. The van der Waals surface area contributed by atoms with Crippen molar-refractivity contribution in [1.29, 1.82) is 0 Å². The number of hydrogen-bond acceptors (Lipinski definition) is 4. The normalized spacial score (nSPS) is 10.6. The highest BCUT2D eigenvalue weighted by molar-refractivity contribution is 7.78. The van der Waals surface area contributed by atoms with Crippen LogP contribution in [0.15, 0.2) is 0 Å². The third-order valence-corrected chi connectivity index (χ3v) is 5.08. The van der Waals surface area contributed by atoms with Crippen molar-refractivity contribution in [2.75, 3.05) is 19.8 Å². The van der Waals surface area contributed by atoms with Crippen molar-refractivity contribution in [3.63, 3.8) is 0 Å². The second-order valence-electron chi connectivity index (χ2n) is 3.19. The summed E-state index contributed by atoms with van der Waals surface area (Å²) >= 11 is 3.82. The van der Waals surface area contributed by atoms with Gasteiger partial charge in [0.15, 0.2) is 0 Å². The molecule has 0 bridgehead atoms. The summed E-state index contributed by atoms with van der Waals surface area (Å²) in [6.07, 6.45) is 2.27. The zero-order valence-electron chi connectivity index (χ0n) is 11.4. The van der Waals surface area contributed by atoms with Gasteiger partial charge in [-0.1, -0.05) is 13.3 Å². The maximum absolute atomic E-state index is 7.26. The molecule has 0 spiro atoms. The summed E-state index contributed by atoms with van der Waals surface area (Å²) in [6.45, 7) is 10.2. The van der Waals surface area contributed by atoms with E-state index < -0.39 is 8.80 Å². The summed E-state index contributed by atoms with van der Waals surface area (Å²) in [5, 5.41) is 7.26. The first kappa shape index (κ1) is 19.3. The standard InChI is InChI=1S/C10H24O3Si.CH2OS/c1-5-9-10-14(11-6-2,12-7-3)13-8-4;2-1-3/h5-10H2,1-4H3;1H,(H,2,3). The second kappa shape index (κ2) is 14.0. The lowest BCUT2D eigenvalue weighted by Crippen LogP contribution is -2.45. The zero-order valence-corrected chi connectivity index (χ0v) is 13.2. The molecule has 0 atom stereocenters. The molecule has 104 valence electrons. The molecule has 0 saturated carbocycles. The quantitative estimate of drug-likeness (QED) is 0.519. The average molecular weight is 282 g/mol. The molecule has 0 rings (SSSR count). The van der Waals surface area contributed by atoms with Crippen LogP contribution in [0.5, 0.6) is 0 Å². The molecule has 0 aromatic rings. The molecule has 0 heterocycles. The highest BCUT2D eigenvalue weighted by atomic mass is 32.1. The smallest absolute Gasteiger partial charge is 0.500 e. The third kappa shape index (κ3) is 10.8. The molecule has 0 radical (unpaired) electrons. The van der Waals surface area contributed by atoms with Crippen molar-refractivity contribution in [3.8, 4) is 0 Å². The molecular formula is C11H26O4SSi. The largest absolute Gasteiger partial charge is 0.504 e. The van der Waals surface area contributed by atoms with Gasteiger partial charge in [0.25, 0.3) is 0 Å². The maximum atomic E-state index is 7.26. The Morgan fingerprint density at radius 1 is 1.00 bits per heavy atom. The zero-order chi connectivity index (χ0) is 13.6. The Labute approximate surface area is 112 Å². The summed E-state index contributed by atoms with van der Waals surface area (Å²) in [4.78, 5) is 0. The van der Waals surface area contributed by atoms with Crippen LogP contribution in [0, 0.1) is 0 Å². The molecule has 0 aliphatic rings. The van der Waals surface area contributed by atoms with Gasteiger partial charge in [0.1, 0.15) is 5.55 Å². The first-order valence-corrected chi connectivity index (χ1v) is 8.56. The van der Waals surface area contributed by atoms with Gasteiger partial charge in [0.05, 0.1) is 0 Å². The van der Waals surface area contributed by atoms with Crippen molar-refractivity contribution < 1.29 is 18.4 Å². The fourth-order valence-electron chi connectivity index (χ4n) is 1.39. The average Bonchev–Trinajstić information content (AvgIpc) is 2.29. The van der Waals surface area contributed by atoms with Crippen LogP contribution < -0.4 is 0 Å². The predicted octanol–water partition coefficient (Wildman–Crippen LogP) is 3.34. The third-order valence-electron chi connectivity index (χ3n) is 1.93. The second-order valence-corrected chi connectivity index (χ2v) is 6.13. The molecule has 0 fully saturated rings. The highest BCUT2D eigenvalue weighted by Crippen LogP contribution is 2.18. The Balaban J connectivity index is 0. The minimum absolute atomic E-state index is 0.583. The molecule has 0 unspecified atom stereocenters. The van der Waals surface area contributed by atoms with Crippen molar-refractivity contribution in [3.05, 3.63) is 0 Å². The van der Waals surface area contributed by atoms with Crippen molar-refractivity contribution in [2.24, 2.45) is 0 Å². The number of aliphatic hydroxyl groups is 1. The Morgan fingerprint density at radius 3 is 1.59 bits per heavy atom. The highest BCUT2D eigenvalue weighted by Gasteiger charge is 2.39. The van der Waals surface area contributed by atoms with E-state index in [1.807, 2.05) is 20.8 Å². The number of thiocarbonyl (C=S) groups is 1. The summed E-state index contributed by atoms with van der Waals surface area (Å²) in [6, 6.07) is 0.943. The molecule has 0 saturated heterocycles. The van der Waals surface area contributed by atoms with Gasteiger partial charge < -0.3 is 18.4 Å². The van der Waals surface area contributed by atoms with E-state index >= 15 is 0 Å². The van der Waals surface area contributed by atoms with E-state index in [0.717, 1.165) is 18.9 Å². The van der Waals surface area contributed by atoms with Gasteiger partial charge in [-0.3, -0.25) is 0 Å². The fraction of sp³-hybridized carbons (Fsp3) is 0.909. The monoisotopic (exact) mass is 282 g/mol. The Hall–Kier alpha value is -0.0131. The molecule has 0 amide bonds. The predicted molar refractivity (Wildman–Crippen MR) is 76.6 cm³/mol.